The Kier molecular flexibility index (Phi) is 3.56. The third kappa shape index (κ3) is 2.54. The minimum atomic E-state index is -1.03. The first-order valence-electron chi connectivity index (χ1n) is 6.06. The van der Waals surface area contributed by atoms with Gasteiger partial charge < -0.3 is 10.0 Å². The lowest BCUT2D eigenvalue weighted by molar-refractivity contribution is 0.0689. The number of aromatic carboxylic acids is 1. The van der Waals surface area contributed by atoms with Gasteiger partial charge in [0.2, 0.25) is 0 Å². The first-order chi connectivity index (χ1) is 8.22. The maximum absolute atomic E-state index is 10.7. The van der Waals surface area contributed by atoms with Crippen molar-refractivity contribution in [3.05, 3.63) is 17.8 Å². The Morgan fingerprint density at radius 3 is 2.88 bits per heavy atom. The summed E-state index contributed by atoms with van der Waals surface area (Å²) in [4.78, 5) is 12.9. The van der Waals surface area contributed by atoms with Crippen LogP contribution in [0.3, 0.4) is 0 Å². The summed E-state index contributed by atoms with van der Waals surface area (Å²) in [5.41, 5.74) is -0.00110. The van der Waals surface area contributed by atoms with Crippen molar-refractivity contribution < 1.29 is 9.90 Å². The fourth-order valence-electron chi connectivity index (χ4n) is 2.32. The molecule has 1 N–H and O–H groups in total. The van der Waals surface area contributed by atoms with Crippen molar-refractivity contribution in [2.75, 3.05) is 11.4 Å². The van der Waals surface area contributed by atoms with E-state index in [1.165, 1.54) is 25.3 Å². The van der Waals surface area contributed by atoms with Gasteiger partial charge in [-0.1, -0.05) is 6.92 Å². The molecule has 0 amide bonds. The highest BCUT2D eigenvalue weighted by Crippen LogP contribution is 2.24. The second kappa shape index (κ2) is 5.12. The van der Waals surface area contributed by atoms with E-state index in [1.54, 1.807) is 6.07 Å². The van der Waals surface area contributed by atoms with E-state index in [0.29, 0.717) is 6.04 Å². The van der Waals surface area contributed by atoms with E-state index >= 15 is 0 Å². The van der Waals surface area contributed by atoms with Crippen LogP contribution < -0.4 is 4.90 Å². The molecule has 5 heteroatoms. The molecule has 1 aromatic rings. The van der Waals surface area contributed by atoms with E-state index in [1.807, 2.05) is 0 Å². The molecule has 1 aliphatic rings. The van der Waals surface area contributed by atoms with Crippen molar-refractivity contribution in [1.82, 2.24) is 10.2 Å². The van der Waals surface area contributed by atoms with Crippen molar-refractivity contribution in [2.24, 2.45) is 0 Å². The first kappa shape index (κ1) is 11.8. The zero-order valence-corrected chi connectivity index (χ0v) is 9.96. The van der Waals surface area contributed by atoms with Gasteiger partial charge in [0.25, 0.3) is 0 Å². The minimum Gasteiger partial charge on any atom is -0.476 e. The van der Waals surface area contributed by atoms with E-state index in [9.17, 15) is 4.79 Å². The number of rotatable bonds is 3. The van der Waals surface area contributed by atoms with E-state index in [-0.39, 0.29) is 5.69 Å². The minimum absolute atomic E-state index is 0.00110. The molecule has 0 aliphatic carbocycles. The second-order valence-corrected chi connectivity index (χ2v) is 4.33. The SMILES string of the molecule is CC[C@@H]1CCCCN1c1ccc(C(=O)O)nn1. The summed E-state index contributed by atoms with van der Waals surface area (Å²) in [6.45, 7) is 3.15. The summed E-state index contributed by atoms with van der Waals surface area (Å²) in [5, 5.41) is 16.5. The Hall–Kier alpha value is -1.65. The average molecular weight is 235 g/mol. The smallest absolute Gasteiger partial charge is 0.356 e. The number of carboxylic acids is 1. The van der Waals surface area contributed by atoms with E-state index < -0.39 is 5.97 Å². The standard InChI is InChI=1S/C12H17N3O2/c1-2-9-5-3-4-8-15(9)11-7-6-10(12(16)17)13-14-11/h6-7,9H,2-5,8H2,1H3,(H,16,17)/t9-/m1/s1. The zero-order chi connectivity index (χ0) is 12.3. The summed E-state index contributed by atoms with van der Waals surface area (Å²) in [7, 11) is 0. The Labute approximate surface area is 100 Å². The summed E-state index contributed by atoms with van der Waals surface area (Å²) < 4.78 is 0. The molecule has 0 bridgehead atoms. The highest BCUT2D eigenvalue weighted by atomic mass is 16.4. The van der Waals surface area contributed by atoms with Gasteiger partial charge in [-0.25, -0.2) is 4.79 Å². The molecule has 1 aliphatic heterocycles. The van der Waals surface area contributed by atoms with Crippen LogP contribution in [-0.4, -0.2) is 33.9 Å². The van der Waals surface area contributed by atoms with Gasteiger partial charge in [0, 0.05) is 12.6 Å². The summed E-state index contributed by atoms with van der Waals surface area (Å²) in [6, 6.07) is 3.78. The fraction of sp³-hybridized carbons (Fsp3) is 0.583. The number of anilines is 1. The molecular weight excluding hydrogens is 218 g/mol. The first-order valence-corrected chi connectivity index (χ1v) is 6.06. The van der Waals surface area contributed by atoms with Gasteiger partial charge in [-0.05, 0) is 37.8 Å². The Bertz CT molecular complexity index is 391. The lowest BCUT2D eigenvalue weighted by Gasteiger charge is -2.35. The molecule has 5 nitrogen and oxygen atoms in total. The molecule has 2 heterocycles. The summed E-state index contributed by atoms with van der Waals surface area (Å²) in [5.74, 6) is -0.240. The second-order valence-electron chi connectivity index (χ2n) is 4.33. The van der Waals surface area contributed by atoms with Crippen LogP contribution in [0, 0.1) is 0 Å². The maximum atomic E-state index is 10.7. The van der Waals surface area contributed by atoms with Crippen LogP contribution in [0.25, 0.3) is 0 Å². The fourth-order valence-corrected chi connectivity index (χ4v) is 2.32. The molecule has 1 saturated heterocycles. The quantitative estimate of drug-likeness (QED) is 0.867. The summed E-state index contributed by atoms with van der Waals surface area (Å²) >= 11 is 0. The number of piperidine rings is 1. The highest BCUT2D eigenvalue weighted by Gasteiger charge is 2.22. The van der Waals surface area contributed by atoms with Crippen LogP contribution in [0.5, 0.6) is 0 Å². The van der Waals surface area contributed by atoms with Crippen molar-refractivity contribution in [3.8, 4) is 0 Å². The molecule has 0 spiro atoms. The van der Waals surface area contributed by atoms with Crippen molar-refractivity contribution in [1.29, 1.82) is 0 Å². The molecule has 0 aromatic carbocycles. The third-order valence-corrected chi connectivity index (χ3v) is 3.26. The molecule has 1 fully saturated rings. The van der Waals surface area contributed by atoms with Gasteiger partial charge in [-0.3, -0.25) is 0 Å². The molecule has 1 aromatic heterocycles. The van der Waals surface area contributed by atoms with Crippen molar-refractivity contribution >= 4 is 11.8 Å². The van der Waals surface area contributed by atoms with Crippen LogP contribution in [0.4, 0.5) is 5.82 Å². The van der Waals surface area contributed by atoms with Crippen LogP contribution in [0.1, 0.15) is 43.1 Å². The van der Waals surface area contributed by atoms with Crippen molar-refractivity contribution in [2.45, 2.75) is 38.6 Å². The van der Waals surface area contributed by atoms with Crippen LogP contribution in [0.15, 0.2) is 12.1 Å². The van der Waals surface area contributed by atoms with E-state index in [2.05, 4.69) is 22.0 Å². The van der Waals surface area contributed by atoms with Gasteiger partial charge in [-0.15, -0.1) is 10.2 Å². The number of carbonyl (C=O) groups is 1. The monoisotopic (exact) mass is 235 g/mol. The van der Waals surface area contributed by atoms with Gasteiger partial charge in [0.1, 0.15) is 0 Å². The van der Waals surface area contributed by atoms with Crippen LogP contribution >= 0.6 is 0 Å². The molecule has 92 valence electrons. The number of hydrogen-bond donors (Lipinski definition) is 1. The molecular formula is C12H17N3O2. The predicted molar refractivity (Wildman–Crippen MR) is 64.3 cm³/mol. The zero-order valence-electron chi connectivity index (χ0n) is 9.96. The third-order valence-electron chi connectivity index (χ3n) is 3.26. The maximum Gasteiger partial charge on any atom is 0.356 e. The number of nitrogens with zero attached hydrogens (tertiary/aromatic N) is 3. The van der Waals surface area contributed by atoms with Gasteiger partial charge >= 0.3 is 5.97 Å². The molecule has 0 radical (unpaired) electrons. The van der Waals surface area contributed by atoms with E-state index in [0.717, 1.165) is 18.8 Å². The highest BCUT2D eigenvalue weighted by molar-refractivity contribution is 5.85. The van der Waals surface area contributed by atoms with Gasteiger partial charge in [-0.2, -0.15) is 0 Å². The molecule has 17 heavy (non-hydrogen) atoms. The van der Waals surface area contributed by atoms with Gasteiger partial charge in [0.05, 0.1) is 0 Å². The topological polar surface area (TPSA) is 66.3 Å². The van der Waals surface area contributed by atoms with Crippen LogP contribution in [-0.2, 0) is 0 Å². The average Bonchev–Trinajstić information content (AvgIpc) is 2.39. The predicted octanol–water partition coefficient (Wildman–Crippen LogP) is 1.94. The molecule has 1 atom stereocenters. The lowest BCUT2D eigenvalue weighted by Crippen LogP contribution is -2.39. The Balaban J connectivity index is 2.17. The van der Waals surface area contributed by atoms with E-state index in [4.69, 9.17) is 5.11 Å². The van der Waals surface area contributed by atoms with Gasteiger partial charge in [0.15, 0.2) is 11.5 Å². The summed E-state index contributed by atoms with van der Waals surface area (Å²) in [6.07, 6.45) is 4.69. The number of hydrogen-bond acceptors (Lipinski definition) is 4. The van der Waals surface area contributed by atoms with Crippen LogP contribution in [0.2, 0.25) is 0 Å². The lowest BCUT2D eigenvalue weighted by atomic mass is 10.0. The van der Waals surface area contributed by atoms with Crippen molar-refractivity contribution in [3.63, 3.8) is 0 Å². The normalized spacial score (nSPS) is 20.3. The number of carboxylic acid groups (broad SMARTS) is 1. The molecule has 0 unspecified atom stereocenters. The largest absolute Gasteiger partial charge is 0.476 e. The molecule has 2 rings (SSSR count). The number of aromatic nitrogens is 2. The Morgan fingerprint density at radius 2 is 2.29 bits per heavy atom. The molecule has 0 saturated carbocycles. The Morgan fingerprint density at radius 1 is 1.47 bits per heavy atom.